The van der Waals surface area contributed by atoms with Crippen molar-refractivity contribution in [2.24, 2.45) is 0 Å². The smallest absolute Gasteiger partial charge is 0.143 e. The van der Waals surface area contributed by atoms with Gasteiger partial charge in [0.15, 0.2) is 0 Å². The molecule has 0 atom stereocenters. The van der Waals surface area contributed by atoms with E-state index in [1.807, 2.05) is 0 Å². The van der Waals surface area contributed by atoms with Gasteiger partial charge in [-0.25, -0.2) is 0 Å². The lowest BCUT2D eigenvalue weighted by molar-refractivity contribution is 0.670. The maximum Gasteiger partial charge on any atom is 0.143 e. The highest BCUT2D eigenvalue weighted by molar-refractivity contribution is 6.26. The van der Waals surface area contributed by atoms with Crippen molar-refractivity contribution in [2.75, 3.05) is 0 Å². The highest BCUT2D eigenvalue weighted by Crippen LogP contribution is 2.48. The zero-order valence-electron chi connectivity index (χ0n) is 54.4. The Morgan fingerprint density at radius 2 is 0.857 bits per heavy atom. The Morgan fingerprint density at radius 1 is 0.347 bits per heavy atom. The third-order valence-corrected chi connectivity index (χ3v) is 7.94. The molecular formula is C48H30O. The molecule has 0 spiro atoms. The van der Waals surface area contributed by atoms with Crippen molar-refractivity contribution >= 4 is 54.3 Å². The van der Waals surface area contributed by atoms with Crippen LogP contribution in [-0.4, -0.2) is 0 Å². The quantitative estimate of drug-likeness (QED) is 0.172. The summed E-state index contributed by atoms with van der Waals surface area (Å²) in [5.41, 5.74) is -7.87. The maximum absolute atomic E-state index is 9.91. The summed E-state index contributed by atoms with van der Waals surface area (Å²) < 4.78 is 277. The van der Waals surface area contributed by atoms with Crippen LogP contribution < -0.4 is 0 Å². The molecule has 0 radical (unpaired) electrons. The monoisotopic (exact) mass is 652 g/mol. The van der Waals surface area contributed by atoms with E-state index in [1.54, 1.807) is 0 Å². The van der Waals surface area contributed by atoms with Crippen LogP contribution in [0.5, 0.6) is 0 Å². The molecule has 10 rings (SSSR count). The van der Waals surface area contributed by atoms with Crippen LogP contribution in [-0.2, 0) is 0 Å². The Kier molecular flexibility index (Phi) is 2.50. The highest BCUT2D eigenvalue weighted by atomic mass is 16.3. The lowest BCUT2D eigenvalue weighted by Crippen LogP contribution is -1.91. The van der Waals surface area contributed by atoms with Gasteiger partial charge in [-0.15, -0.1) is 0 Å². The van der Waals surface area contributed by atoms with E-state index < -0.39 is 280 Å². The summed E-state index contributed by atoms with van der Waals surface area (Å²) in [6, 6.07) is -29.6. The molecule has 0 saturated carbocycles. The Morgan fingerprint density at radius 3 is 1.63 bits per heavy atom. The maximum atomic E-state index is 9.91. The molecule has 1 heterocycles. The first kappa shape index (κ1) is 11.1. The molecule has 1 aromatic heterocycles. The number of benzene rings is 9. The van der Waals surface area contributed by atoms with Gasteiger partial charge in [0.25, 0.3) is 0 Å². The van der Waals surface area contributed by atoms with E-state index in [0.717, 1.165) is 0 Å². The number of hydrogen-bond acceptors (Lipinski definition) is 1. The second-order valence-electron chi connectivity index (χ2n) is 10.5. The Hall–Kier alpha value is -6.44. The third kappa shape index (κ3) is 4.33. The van der Waals surface area contributed by atoms with Gasteiger partial charge in [0.05, 0.1) is 41.1 Å². The van der Waals surface area contributed by atoms with Gasteiger partial charge < -0.3 is 4.42 Å². The van der Waals surface area contributed by atoms with Crippen LogP contribution in [0.3, 0.4) is 0 Å². The summed E-state index contributed by atoms with van der Waals surface area (Å²) in [6.45, 7) is 0. The van der Waals surface area contributed by atoms with E-state index in [1.165, 1.54) is 0 Å². The van der Waals surface area contributed by atoms with Crippen LogP contribution in [0.2, 0.25) is 0 Å². The first-order valence-electron chi connectivity index (χ1n) is 29.4. The highest BCUT2D eigenvalue weighted by Gasteiger charge is 2.21. The van der Waals surface area contributed by atoms with E-state index in [0.29, 0.717) is 0 Å². The van der Waals surface area contributed by atoms with Crippen LogP contribution >= 0.6 is 0 Å². The molecule has 10 aromatic rings. The largest absolute Gasteiger partial charge is 0.455 e. The summed E-state index contributed by atoms with van der Waals surface area (Å²) in [6.07, 6.45) is 0. The molecule has 0 amide bonds. The molecule has 1 nitrogen and oxygen atoms in total. The minimum Gasteiger partial charge on any atom is -0.455 e. The lowest BCUT2D eigenvalue weighted by Gasteiger charge is -2.19. The van der Waals surface area contributed by atoms with E-state index >= 15 is 0 Å². The number of hydrogen-bond donors (Lipinski definition) is 0. The topological polar surface area (TPSA) is 13.1 Å². The minimum absolute atomic E-state index is 0.636. The number of para-hydroxylation sites is 1. The van der Waals surface area contributed by atoms with Crippen molar-refractivity contribution in [1.29, 1.82) is 0 Å². The first-order valence-corrected chi connectivity index (χ1v) is 14.4. The molecule has 9 aromatic carbocycles. The SMILES string of the molecule is [2H]c1c([2H])c([2H])c(-c2c([2H])c([2H])c([2H])c3c2oc2c([2H])c([2H])c([2H])c(-c4c5c([2H])c([2H])c([2H])c([2H])c5c(-c5c([2H])c([2H])c([2H])c(-c6c([2H])c([2H])c([2H])c7c([2H])c([2H])c([2H])c([2H])c67)c5[2H])c5c([2H])c([2H])c([2H])c([2H])c45)c23)c([2H])c1[2H]. The minimum atomic E-state index is -1.12. The van der Waals surface area contributed by atoms with E-state index in [2.05, 4.69) is 0 Å². The summed E-state index contributed by atoms with van der Waals surface area (Å²) in [7, 11) is 0. The van der Waals surface area contributed by atoms with Crippen molar-refractivity contribution in [3.05, 3.63) is 181 Å². The number of furan rings is 1. The Bertz CT molecular complexity index is 4480. The van der Waals surface area contributed by atoms with Crippen LogP contribution in [0.25, 0.3) is 98.8 Å². The molecule has 0 fully saturated rings. The van der Waals surface area contributed by atoms with E-state index in [4.69, 9.17) is 31.8 Å². The fourth-order valence-corrected chi connectivity index (χ4v) is 5.94. The molecule has 0 saturated heterocycles. The second kappa shape index (κ2) is 11.1. The summed E-state index contributed by atoms with van der Waals surface area (Å²) in [4.78, 5) is 0. The molecule has 0 aliphatic carbocycles. The van der Waals surface area contributed by atoms with Crippen LogP contribution in [0.1, 0.15) is 41.1 Å². The predicted molar refractivity (Wildman–Crippen MR) is 208 cm³/mol. The van der Waals surface area contributed by atoms with Crippen molar-refractivity contribution in [2.45, 2.75) is 0 Å². The molecular weight excluding hydrogens is 593 g/mol. The van der Waals surface area contributed by atoms with Crippen molar-refractivity contribution in [3.63, 3.8) is 0 Å². The van der Waals surface area contributed by atoms with Crippen molar-refractivity contribution < 1.29 is 45.5 Å². The molecule has 0 unspecified atom stereocenters. The molecule has 0 N–H and O–H groups in total. The Labute approximate surface area is 326 Å². The van der Waals surface area contributed by atoms with Crippen molar-refractivity contribution in [1.82, 2.24) is 0 Å². The first-order chi connectivity index (χ1) is 36.8. The van der Waals surface area contributed by atoms with Gasteiger partial charge in [0.2, 0.25) is 0 Å². The van der Waals surface area contributed by atoms with E-state index in [-0.39, 0.29) is 0 Å². The van der Waals surface area contributed by atoms with Gasteiger partial charge in [-0.3, -0.25) is 0 Å². The van der Waals surface area contributed by atoms with Gasteiger partial charge in [-0.2, -0.15) is 0 Å². The summed E-state index contributed by atoms with van der Waals surface area (Å²) in [5.74, 6) is 0. The van der Waals surface area contributed by atoms with Gasteiger partial charge in [0.1, 0.15) is 11.2 Å². The standard InChI is InChI=1S/C48H30O/c1-2-14-32(15-3-1)37-26-12-28-43-47-42(27-13-29-44(47)49-48(37)43)46-40-23-8-6-21-38(40)45(39-22-7-9-24-41(39)46)34-19-10-18-33(30-34)36-25-11-17-31-16-4-5-20-35(31)36/h1-30H/i1D,2D,3D,4D,5D,6D,7D,8D,9D,10D,11D,12D,13D,14D,15D,16D,17D,18D,19D,20D,21D,22D,23D,24D,25D,26D,27D,28D,29D,30D. The molecule has 0 aliphatic heterocycles. The molecule has 228 valence electrons. The zero-order chi connectivity index (χ0) is 58.4. The van der Waals surface area contributed by atoms with Gasteiger partial charge in [-0.1, -0.05) is 169 Å². The Balaban J connectivity index is 1.52. The summed E-state index contributed by atoms with van der Waals surface area (Å²) in [5, 5.41) is -5.86. The van der Waals surface area contributed by atoms with Crippen LogP contribution in [0, 0.1) is 0 Å². The third-order valence-electron chi connectivity index (χ3n) is 7.94. The van der Waals surface area contributed by atoms with Gasteiger partial charge >= 0.3 is 0 Å². The van der Waals surface area contributed by atoms with Gasteiger partial charge in [-0.05, 0) is 83.3 Å². The number of rotatable bonds is 4. The van der Waals surface area contributed by atoms with Crippen LogP contribution in [0.15, 0.2) is 186 Å². The zero-order valence-corrected chi connectivity index (χ0v) is 24.4. The van der Waals surface area contributed by atoms with Crippen LogP contribution in [0.4, 0.5) is 0 Å². The normalized spacial score (nSPS) is 20.2. The average Bonchev–Trinajstić information content (AvgIpc) is 4.04. The molecule has 0 aliphatic rings. The van der Waals surface area contributed by atoms with Crippen molar-refractivity contribution in [3.8, 4) is 44.5 Å². The molecule has 0 bridgehead atoms. The lowest BCUT2D eigenvalue weighted by atomic mass is 9.84. The predicted octanol–water partition coefficient (Wildman–Crippen LogP) is 13.7. The molecule has 1 heteroatoms. The fraction of sp³-hybridized carbons (Fsp3) is 0. The second-order valence-corrected chi connectivity index (χ2v) is 10.5. The number of fused-ring (bicyclic) bond motifs is 6. The van der Waals surface area contributed by atoms with Gasteiger partial charge in [0, 0.05) is 16.3 Å². The fourth-order valence-electron chi connectivity index (χ4n) is 5.94. The average molecular weight is 653 g/mol. The summed E-state index contributed by atoms with van der Waals surface area (Å²) >= 11 is 0. The van der Waals surface area contributed by atoms with E-state index in [9.17, 15) is 13.7 Å². The molecule has 49 heavy (non-hydrogen) atoms.